The number of halogens is 1. The third-order valence-electron chi connectivity index (χ3n) is 5.30. The van der Waals surface area contributed by atoms with Crippen molar-refractivity contribution in [3.8, 4) is 0 Å². The summed E-state index contributed by atoms with van der Waals surface area (Å²) >= 11 is 5.85. The van der Waals surface area contributed by atoms with Gasteiger partial charge in [0.1, 0.15) is 5.84 Å². The second kappa shape index (κ2) is 10.8. The predicted octanol–water partition coefficient (Wildman–Crippen LogP) is 4.76. The van der Waals surface area contributed by atoms with Crippen LogP contribution in [0.2, 0.25) is 5.02 Å². The molecule has 0 saturated heterocycles. The number of nitrogens with one attached hydrogen (secondary N) is 2. The topological polar surface area (TPSA) is 73.8 Å². The molecule has 0 radical (unpaired) electrons. The number of rotatable bonds is 7. The summed E-state index contributed by atoms with van der Waals surface area (Å²) in [6, 6.07) is 24.5. The van der Waals surface area contributed by atoms with Crippen LogP contribution in [0, 0.1) is 0 Å². The van der Waals surface area contributed by atoms with Crippen LogP contribution < -0.4 is 15.5 Å². The predicted molar refractivity (Wildman–Crippen MR) is 133 cm³/mol. The highest BCUT2D eigenvalue weighted by Crippen LogP contribution is 2.22. The molecule has 0 aromatic heterocycles. The van der Waals surface area contributed by atoms with Crippen molar-refractivity contribution in [2.24, 2.45) is 4.99 Å². The smallest absolute Gasteiger partial charge is 0.251 e. The minimum atomic E-state index is -0.212. The Balaban J connectivity index is 1.31. The largest absolute Gasteiger partial charge is 0.352 e. The average Bonchev–Trinajstić information content (AvgIpc) is 2.86. The summed E-state index contributed by atoms with van der Waals surface area (Å²) in [6.45, 7) is 1.94. The number of carbonyl (C=O) groups is 2. The van der Waals surface area contributed by atoms with Crippen LogP contribution in [0.1, 0.15) is 28.8 Å². The number of benzene rings is 3. The molecule has 0 saturated carbocycles. The molecule has 0 bridgehead atoms. The molecule has 0 atom stereocenters. The standard InChI is InChI=1S/C26H25ClN4O2/c27-21-9-11-22(12-10-21)30-24(32)15-17-29-26(33)20-7-13-23(14-8-20)31-18-4-16-28-25(31)19-5-2-1-3-6-19/h1-3,5-14H,4,15-18H2,(H,29,33)(H,30,32). The minimum absolute atomic E-state index is 0.175. The van der Waals surface area contributed by atoms with Crippen molar-refractivity contribution >= 4 is 40.6 Å². The maximum Gasteiger partial charge on any atom is 0.251 e. The highest BCUT2D eigenvalue weighted by Gasteiger charge is 2.19. The Kier molecular flexibility index (Phi) is 7.37. The number of amidine groups is 1. The molecule has 3 aromatic carbocycles. The summed E-state index contributed by atoms with van der Waals surface area (Å²) in [5.74, 6) is 0.563. The van der Waals surface area contributed by atoms with E-state index in [2.05, 4.69) is 27.7 Å². The van der Waals surface area contributed by atoms with E-state index in [1.54, 1.807) is 36.4 Å². The van der Waals surface area contributed by atoms with Crippen molar-refractivity contribution in [3.63, 3.8) is 0 Å². The molecule has 0 aliphatic carbocycles. The SMILES string of the molecule is O=C(CCNC(=O)c1ccc(N2CCCN=C2c2ccccc2)cc1)Nc1ccc(Cl)cc1. The van der Waals surface area contributed by atoms with E-state index >= 15 is 0 Å². The Morgan fingerprint density at radius 1 is 0.939 bits per heavy atom. The fourth-order valence-electron chi connectivity index (χ4n) is 3.63. The number of aliphatic imine (C=N–C) groups is 1. The molecule has 4 rings (SSSR count). The molecule has 6 nitrogen and oxygen atoms in total. The normalized spacial score (nSPS) is 13.2. The molecule has 3 aromatic rings. The van der Waals surface area contributed by atoms with Crippen LogP contribution in [0.4, 0.5) is 11.4 Å². The van der Waals surface area contributed by atoms with Crippen LogP contribution in [0.5, 0.6) is 0 Å². The van der Waals surface area contributed by atoms with Crippen LogP contribution in [0.3, 0.4) is 0 Å². The molecular weight excluding hydrogens is 436 g/mol. The zero-order chi connectivity index (χ0) is 23.0. The van der Waals surface area contributed by atoms with Crippen LogP contribution in [-0.2, 0) is 4.79 Å². The molecule has 0 unspecified atom stereocenters. The fourth-order valence-corrected chi connectivity index (χ4v) is 3.76. The molecule has 7 heteroatoms. The number of amides is 2. The van der Waals surface area contributed by atoms with E-state index in [9.17, 15) is 9.59 Å². The van der Waals surface area contributed by atoms with Crippen molar-refractivity contribution in [1.29, 1.82) is 0 Å². The molecular formula is C26H25ClN4O2. The highest BCUT2D eigenvalue weighted by molar-refractivity contribution is 6.30. The molecule has 1 heterocycles. The van der Waals surface area contributed by atoms with E-state index < -0.39 is 0 Å². The van der Waals surface area contributed by atoms with Crippen LogP contribution in [0.15, 0.2) is 83.9 Å². The van der Waals surface area contributed by atoms with Crippen LogP contribution in [0.25, 0.3) is 0 Å². The lowest BCUT2D eigenvalue weighted by atomic mass is 10.1. The van der Waals surface area contributed by atoms with Gasteiger partial charge < -0.3 is 15.5 Å². The van der Waals surface area contributed by atoms with Crippen LogP contribution >= 0.6 is 11.6 Å². The average molecular weight is 461 g/mol. The molecule has 1 aliphatic rings. The van der Waals surface area contributed by atoms with E-state index in [-0.39, 0.29) is 24.8 Å². The molecule has 0 fully saturated rings. The van der Waals surface area contributed by atoms with E-state index in [1.807, 2.05) is 30.3 Å². The maximum absolute atomic E-state index is 12.5. The van der Waals surface area contributed by atoms with E-state index in [1.165, 1.54) is 0 Å². The van der Waals surface area contributed by atoms with Crippen molar-refractivity contribution in [2.45, 2.75) is 12.8 Å². The number of hydrogen-bond donors (Lipinski definition) is 2. The van der Waals surface area contributed by atoms with E-state index in [0.717, 1.165) is 36.6 Å². The molecule has 168 valence electrons. The Morgan fingerprint density at radius 3 is 2.39 bits per heavy atom. The summed E-state index contributed by atoms with van der Waals surface area (Å²) in [4.78, 5) is 31.5. The Bertz CT molecular complexity index is 1130. The Morgan fingerprint density at radius 2 is 1.67 bits per heavy atom. The molecule has 2 N–H and O–H groups in total. The summed E-state index contributed by atoms with van der Waals surface area (Å²) in [5.41, 5.74) is 3.29. The fraction of sp³-hybridized carbons (Fsp3) is 0.192. The van der Waals surface area contributed by atoms with E-state index in [4.69, 9.17) is 16.6 Å². The van der Waals surface area contributed by atoms with Crippen molar-refractivity contribution in [3.05, 3.63) is 95.0 Å². The van der Waals surface area contributed by atoms with Gasteiger partial charge in [0.15, 0.2) is 0 Å². The first-order chi connectivity index (χ1) is 16.1. The number of carbonyl (C=O) groups excluding carboxylic acids is 2. The zero-order valence-electron chi connectivity index (χ0n) is 18.1. The number of nitrogens with zero attached hydrogens (tertiary/aromatic N) is 2. The lowest BCUT2D eigenvalue weighted by Gasteiger charge is -2.29. The molecule has 33 heavy (non-hydrogen) atoms. The van der Waals surface area contributed by atoms with E-state index in [0.29, 0.717) is 16.3 Å². The van der Waals surface area contributed by atoms with Gasteiger partial charge in [-0.25, -0.2) is 0 Å². The van der Waals surface area contributed by atoms with Crippen molar-refractivity contribution < 1.29 is 9.59 Å². The third kappa shape index (κ3) is 5.99. The monoisotopic (exact) mass is 460 g/mol. The molecule has 0 spiro atoms. The maximum atomic E-state index is 12.5. The molecule has 2 amide bonds. The van der Waals surface area contributed by atoms with Gasteiger partial charge in [-0.2, -0.15) is 0 Å². The zero-order valence-corrected chi connectivity index (χ0v) is 18.9. The number of anilines is 2. The lowest BCUT2D eigenvalue weighted by molar-refractivity contribution is -0.116. The Hall–Kier alpha value is -3.64. The van der Waals surface area contributed by atoms with Gasteiger partial charge in [-0.3, -0.25) is 14.6 Å². The quantitative estimate of drug-likeness (QED) is 0.534. The number of hydrogen-bond acceptors (Lipinski definition) is 4. The van der Waals surface area contributed by atoms with Gasteiger partial charge in [-0.05, 0) is 55.0 Å². The lowest BCUT2D eigenvalue weighted by Crippen LogP contribution is -2.36. The third-order valence-corrected chi connectivity index (χ3v) is 5.55. The second-order valence-corrected chi connectivity index (χ2v) is 8.12. The van der Waals surface area contributed by atoms with Gasteiger partial charge in [0.25, 0.3) is 5.91 Å². The molecule has 1 aliphatic heterocycles. The van der Waals surface area contributed by atoms with Gasteiger partial charge in [0.05, 0.1) is 0 Å². The Labute approximate surface area is 198 Å². The second-order valence-electron chi connectivity index (χ2n) is 7.68. The van der Waals surface area contributed by atoms with Crippen molar-refractivity contribution in [1.82, 2.24) is 5.32 Å². The summed E-state index contributed by atoms with van der Waals surface area (Å²) in [7, 11) is 0. The van der Waals surface area contributed by atoms with Gasteiger partial charge in [-0.15, -0.1) is 0 Å². The van der Waals surface area contributed by atoms with Crippen LogP contribution in [-0.4, -0.2) is 37.3 Å². The highest BCUT2D eigenvalue weighted by atomic mass is 35.5. The first kappa shape index (κ1) is 22.6. The summed E-state index contributed by atoms with van der Waals surface area (Å²) in [5, 5.41) is 6.19. The van der Waals surface area contributed by atoms with Gasteiger partial charge in [-0.1, -0.05) is 41.9 Å². The summed E-state index contributed by atoms with van der Waals surface area (Å²) < 4.78 is 0. The van der Waals surface area contributed by atoms with Crippen molar-refractivity contribution in [2.75, 3.05) is 29.9 Å². The van der Waals surface area contributed by atoms with Gasteiger partial charge in [0.2, 0.25) is 5.91 Å². The van der Waals surface area contributed by atoms with Gasteiger partial charge in [0, 0.05) is 53.6 Å². The summed E-state index contributed by atoms with van der Waals surface area (Å²) in [6.07, 6.45) is 1.16. The van der Waals surface area contributed by atoms with Gasteiger partial charge >= 0.3 is 0 Å². The minimum Gasteiger partial charge on any atom is -0.352 e. The first-order valence-electron chi connectivity index (χ1n) is 10.9. The first-order valence-corrected chi connectivity index (χ1v) is 11.3.